The van der Waals surface area contributed by atoms with Crippen LogP contribution in [-0.2, 0) is 14.8 Å². The van der Waals surface area contributed by atoms with Gasteiger partial charge in [0.2, 0.25) is 10.0 Å². The van der Waals surface area contributed by atoms with Crippen molar-refractivity contribution in [3.05, 3.63) is 59.4 Å². The average molecular weight is 435 g/mol. The third kappa shape index (κ3) is 5.85. The third-order valence-electron chi connectivity index (χ3n) is 4.79. The molecule has 0 unspecified atom stereocenters. The Bertz CT molecular complexity index is 943. The number of carbonyl (C=O) groups is 1. The van der Waals surface area contributed by atoms with Crippen molar-refractivity contribution in [1.82, 2.24) is 14.7 Å². The Labute approximate surface area is 175 Å². The molecule has 1 aromatic heterocycles. The van der Waals surface area contributed by atoms with E-state index in [4.69, 9.17) is 11.6 Å². The lowest BCUT2D eigenvalue weighted by Crippen LogP contribution is -2.46. The topological polar surface area (TPSA) is 91.7 Å². The number of benzene rings is 1. The van der Waals surface area contributed by atoms with Gasteiger partial charge in [0.15, 0.2) is 0 Å². The quantitative estimate of drug-likeness (QED) is 0.535. The molecule has 29 heavy (non-hydrogen) atoms. The van der Waals surface area contributed by atoms with Crippen LogP contribution in [0.2, 0.25) is 5.02 Å². The van der Waals surface area contributed by atoms with E-state index in [1.54, 1.807) is 24.5 Å². The molecule has 0 aliphatic heterocycles. The van der Waals surface area contributed by atoms with Crippen LogP contribution >= 0.6 is 11.6 Å². The van der Waals surface area contributed by atoms with Gasteiger partial charge >= 0.3 is 0 Å². The van der Waals surface area contributed by atoms with Gasteiger partial charge in [0, 0.05) is 29.0 Å². The standard InChI is InChI=1S/C20H23ClN4O3S/c21-17-8-10-19(11-9-17)29(27,28)25(18-6-2-1-3-7-18)15-20(26)24-23-14-16-5-4-12-22-13-16/h4-5,8-14,18H,1-3,6-7,15H2,(H,24,26)/b23-14-. The van der Waals surface area contributed by atoms with Crippen molar-refractivity contribution >= 4 is 33.7 Å². The molecule has 7 nitrogen and oxygen atoms in total. The molecule has 0 spiro atoms. The highest BCUT2D eigenvalue weighted by atomic mass is 35.5. The fourth-order valence-corrected chi connectivity index (χ4v) is 5.10. The number of hydrogen-bond donors (Lipinski definition) is 1. The van der Waals surface area contributed by atoms with Crippen LogP contribution in [0.4, 0.5) is 0 Å². The second kappa shape index (κ2) is 9.96. The highest BCUT2D eigenvalue weighted by Gasteiger charge is 2.33. The SMILES string of the molecule is O=C(CN(C1CCCCC1)S(=O)(=O)c1ccc(Cl)cc1)N/N=C\c1cccnc1. The summed E-state index contributed by atoms with van der Waals surface area (Å²) in [6, 6.07) is 9.34. The minimum Gasteiger partial charge on any atom is -0.272 e. The van der Waals surface area contributed by atoms with Gasteiger partial charge in [0.1, 0.15) is 0 Å². The van der Waals surface area contributed by atoms with Gasteiger partial charge in [-0.2, -0.15) is 9.41 Å². The molecule has 9 heteroatoms. The van der Waals surface area contributed by atoms with E-state index in [0.29, 0.717) is 5.02 Å². The molecule has 1 heterocycles. The zero-order chi connectivity index (χ0) is 20.7. The van der Waals surface area contributed by atoms with Crippen LogP contribution in [0.25, 0.3) is 0 Å². The summed E-state index contributed by atoms with van der Waals surface area (Å²) in [5, 5.41) is 4.36. The third-order valence-corrected chi connectivity index (χ3v) is 6.95. The maximum Gasteiger partial charge on any atom is 0.255 e. The molecule has 1 aliphatic carbocycles. The van der Waals surface area contributed by atoms with E-state index in [-0.39, 0.29) is 17.5 Å². The number of pyridine rings is 1. The van der Waals surface area contributed by atoms with Crippen molar-refractivity contribution in [2.24, 2.45) is 5.10 Å². The molecule has 0 bridgehead atoms. The first-order valence-corrected chi connectivity index (χ1v) is 11.3. The molecule has 1 fully saturated rings. The molecule has 1 aliphatic rings. The van der Waals surface area contributed by atoms with Gasteiger partial charge in [-0.25, -0.2) is 13.8 Å². The molecule has 1 amide bonds. The number of hydrazone groups is 1. The van der Waals surface area contributed by atoms with Crippen LogP contribution in [-0.4, -0.2) is 42.4 Å². The predicted octanol–water partition coefficient (Wildman–Crippen LogP) is 3.21. The fraction of sp³-hybridized carbons (Fsp3) is 0.350. The Morgan fingerprint density at radius 1 is 1.21 bits per heavy atom. The maximum absolute atomic E-state index is 13.2. The monoisotopic (exact) mass is 434 g/mol. The summed E-state index contributed by atoms with van der Waals surface area (Å²) in [5.41, 5.74) is 3.14. The molecule has 2 aromatic rings. The van der Waals surface area contributed by atoms with Gasteiger partial charge in [-0.3, -0.25) is 9.78 Å². The summed E-state index contributed by atoms with van der Waals surface area (Å²) >= 11 is 5.89. The molecule has 0 radical (unpaired) electrons. The van der Waals surface area contributed by atoms with E-state index >= 15 is 0 Å². The highest BCUT2D eigenvalue weighted by molar-refractivity contribution is 7.89. The zero-order valence-corrected chi connectivity index (χ0v) is 17.4. The van der Waals surface area contributed by atoms with Crippen LogP contribution in [0.15, 0.2) is 58.8 Å². The van der Waals surface area contributed by atoms with Crippen molar-refractivity contribution in [2.75, 3.05) is 6.54 Å². The van der Waals surface area contributed by atoms with Gasteiger partial charge in [-0.05, 0) is 43.2 Å². The Morgan fingerprint density at radius 3 is 2.59 bits per heavy atom. The van der Waals surface area contributed by atoms with E-state index < -0.39 is 15.9 Å². The Morgan fingerprint density at radius 2 is 1.93 bits per heavy atom. The molecule has 1 N–H and O–H groups in total. The predicted molar refractivity (Wildman–Crippen MR) is 112 cm³/mol. The largest absolute Gasteiger partial charge is 0.272 e. The summed E-state index contributed by atoms with van der Waals surface area (Å²) < 4.78 is 27.8. The van der Waals surface area contributed by atoms with Gasteiger partial charge in [0.05, 0.1) is 17.7 Å². The molecule has 3 rings (SSSR count). The molecular formula is C20H23ClN4O3S. The number of amides is 1. The van der Waals surface area contributed by atoms with Gasteiger partial charge in [-0.1, -0.05) is 36.9 Å². The summed E-state index contributed by atoms with van der Waals surface area (Å²) in [6.07, 6.45) is 9.14. The lowest BCUT2D eigenvalue weighted by Gasteiger charge is -2.32. The number of nitrogens with one attached hydrogen (secondary N) is 1. The highest BCUT2D eigenvalue weighted by Crippen LogP contribution is 2.28. The number of hydrogen-bond acceptors (Lipinski definition) is 5. The van der Waals surface area contributed by atoms with Crippen molar-refractivity contribution in [1.29, 1.82) is 0 Å². The fourth-order valence-electron chi connectivity index (χ4n) is 3.33. The summed E-state index contributed by atoms with van der Waals surface area (Å²) in [5.74, 6) is -0.492. The minimum atomic E-state index is -3.84. The Balaban J connectivity index is 1.75. The summed E-state index contributed by atoms with van der Waals surface area (Å²) in [4.78, 5) is 16.5. The number of rotatable bonds is 7. The van der Waals surface area contributed by atoms with Crippen LogP contribution in [0.5, 0.6) is 0 Å². The Kier molecular flexibility index (Phi) is 7.35. The van der Waals surface area contributed by atoms with Gasteiger partial charge in [-0.15, -0.1) is 0 Å². The van der Waals surface area contributed by atoms with Crippen LogP contribution in [0.1, 0.15) is 37.7 Å². The van der Waals surface area contributed by atoms with Crippen LogP contribution < -0.4 is 5.43 Å². The lowest BCUT2D eigenvalue weighted by molar-refractivity contribution is -0.121. The molecule has 1 saturated carbocycles. The first-order chi connectivity index (χ1) is 14.0. The lowest BCUT2D eigenvalue weighted by atomic mass is 9.95. The van der Waals surface area contributed by atoms with Gasteiger partial charge < -0.3 is 0 Å². The molecule has 0 saturated heterocycles. The summed E-state index contributed by atoms with van der Waals surface area (Å²) in [7, 11) is -3.84. The van der Waals surface area contributed by atoms with E-state index in [0.717, 1.165) is 37.7 Å². The average Bonchev–Trinajstić information content (AvgIpc) is 2.73. The number of nitrogens with zero attached hydrogens (tertiary/aromatic N) is 3. The number of halogens is 1. The second-order valence-corrected chi connectivity index (χ2v) is 9.20. The smallest absolute Gasteiger partial charge is 0.255 e. The van der Waals surface area contributed by atoms with E-state index in [2.05, 4.69) is 15.5 Å². The van der Waals surface area contributed by atoms with E-state index in [1.807, 2.05) is 0 Å². The van der Waals surface area contributed by atoms with E-state index in [1.165, 1.54) is 34.8 Å². The summed E-state index contributed by atoms with van der Waals surface area (Å²) in [6.45, 7) is -0.292. The normalized spacial score (nSPS) is 15.7. The number of aromatic nitrogens is 1. The molecule has 0 atom stereocenters. The molecular weight excluding hydrogens is 412 g/mol. The maximum atomic E-state index is 13.2. The first kappa shape index (κ1) is 21.4. The second-order valence-electron chi connectivity index (χ2n) is 6.88. The molecule has 154 valence electrons. The minimum absolute atomic E-state index is 0.124. The first-order valence-electron chi connectivity index (χ1n) is 9.46. The Hall–Kier alpha value is -2.29. The molecule has 1 aromatic carbocycles. The van der Waals surface area contributed by atoms with Gasteiger partial charge in [0.25, 0.3) is 5.91 Å². The van der Waals surface area contributed by atoms with Crippen molar-refractivity contribution in [3.63, 3.8) is 0 Å². The van der Waals surface area contributed by atoms with Crippen molar-refractivity contribution in [2.45, 2.75) is 43.0 Å². The van der Waals surface area contributed by atoms with Crippen LogP contribution in [0.3, 0.4) is 0 Å². The number of sulfonamides is 1. The van der Waals surface area contributed by atoms with Crippen LogP contribution in [0, 0.1) is 0 Å². The van der Waals surface area contributed by atoms with Crippen molar-refractivity contribution < 1.29 is 13.2 Å². The van der Waals surface area contributed by atoms with E-state index in [9.17, 15) is 13.2 Å². The number of carbonyl (C=O) groups excluding carboxylic acids is 1. The zero-order valence-electron chi connectivity index (χ0n) is 15.9. The van der Waals surface area contributed by atoms with Crippen molar-refractivity contribution in [3.8, 4) is 0 Å².